The van der Waals surface area contributed by atoms with E-state index in [1.54, 1.807) is 23.4 Å². The fourth-order valence-corrected chi connectivity index (χ4v) is 6.22. The molecule has 1 amide bonds. The van der Waals surface area contributed by atoms with Gasteiger partial charge in [0.1, 0.15) is 10.7 Å². The third-order valence-corrected chi connectivity index (χ3v) is 8.22. The van der Waals surface area contributed by atoms with E-state index in [9.17, 15) is 17.6 Å². The van der Waals surface area contributed by atoms with Crippen molar-refractivity contribution in [2.24, 2.45) is 0 Å². The van der Waals surface area contributed by atoms with E-state index in [2.05, 4.69) is 10.2 Å². The Morgan fingerprint density at radius 1 is 0.906 bits per heavy atom. The summed E-state index contributed by atoms with van der Waals surface area (Å²) < 4.78 is 42.2. The lowest BCUT2D eigenvalue weighted by Crippen LogP contribution is -2.37. The zero-order valence-corrected chi connectivity index (χ0v) is 19.3. The van der Waals surface area contributed by atoms with Crippen LogP contribution in [0.3, 0.4) is 0 Å². The average Bonchev–Trinajstić information content (AvgIpc) is 2.81. The number of aryl methyl sites for hydroxylation is 1. The lowest BCUT2D eigenvalue weighted by Gasteiger charge is -2.33. The molecule has 2 aromatic carbocycles. The van der Waals surface area contributed by atoms with Crippen LogP contribution in [-0.4, -0.2) is 44.8 Å². The first-order valence-electron chi connectivity index (χ1n) is 11.3. The van der Waals surface area contributed by atoms with Gasteiger partial charge in [0.15, 0.2) is 0 Å². The number of hydrogen-bond acceptors (Lipinski definition) is 4. The van der Waals surface area contributed by atoms with Crippen LogP contribution in [0.25, 0.3) is 0 Å². The third kappa shape index (κ3) is 4.81. The number of sulfonamides is 1. The summed E-state index contributed by atoms with van der Waals surface area (Å²) in [6.45, 7) is 4.34. The number of anilines is 2. The number of benzene rings is 2. The smallest absolute Gasteiger partial charge is 0.255 e. The predicted molar refractivity (Wildman–Crippen MR) is 124 cm³/mol. The summed E-state index contributed by atoms with van der Waals surface area (Å²) in [7, 11) is -3.72. The molecule has 0 unspecified atom stereocenters. The first-order valence-corrected chi connectivity index (χ1v) is 12.8. The topological polar surface area (TPSA) is 69.7 Å². The lowest BCUT2D eigenvalue weighted by molar-refractivity contribution is 0.102. The second kappa shape index (κ2) is 9.58. The van der Waals surface area contributed by atoms with Gasteiger partial charge in [-0.1, -0.05) is 6.42 Å². The van der Waals surface area contributed by atoms with E-state index >= 15 is 0 Å². The van der Waals surface area contributed by atoms with E-state index in [1.165, 1.54) is 24.3 Å². The Hall–Kier alpha value is -2.45. The van der Waals surface area contributed by atoms with Crippen molar-refractivity contribution >= 4 is 27.3 Å². The molecule has 2 saturated heterocycles. The van der Waals surface area contributed by atoms with Gasteiger partial charge in [0.2, 0.25) is 10.0 Å². The van der Waals surface area contributed by atoms with Gasteiger partial charge in [0, 0.05) is 37.4 Å². The monoisotopic (exact) mass is 459 g/mol. The Morgan fingerprint density at radius 2 is 1.56 bits per heavy atom. The average molecular weight is 460 g/mol. The van der Waals surface area contributed by atoms with Crippen LogP contribution in [0.5, 0.6) is 0 Å². The van der Waals surface area contributed by atoms with Crippen LogP contribution in [0.15, 0.2) is 41.3 Å². The van der Waals surface area contributed by atoms with Crippen LogP contribution in [-0.2, 0) is 10.0 Å². The zero-order valence-electron chi connectivity index (χ0n) is 18.4. The molecule has 0 saturated carbocycles. The molecule has 0 aromatic heterocycles. The molecule has 2 fully saturated rings. The van der Waals surface area contributed by atoms with Crippen molar-refractivity contribution in [2.45, 2.75) is 50.3 Å². The summed E-state index contributed by atoms with van der Waals surface area (Å²) >= 11 is 0. The molecule has 1 N–H and O–H groups in total. The van der Waals surface area contributed by atoms with Crippen molar-refractivity contribution in [1.82, 2.24) is 4.31 Å². The predicted octanol–water partition coefficient (Wildman–Crippen LogP) is 4.55. The van der Waals surface area contributed by atoms with Crippen LogP contribution in [0.4, 0.5) is 15.8 Å². The van der Waals surface area contributed by atoms with Crippen molar-refractivity contribution in [2.75, 3.05) is 36.4 Å². The minimum absolute atomic E-state index is 0.199. The molecule has 0 spiro atoms. The number of amides is 1. The van der Waals surface area contributed by atoms with Crippen molar-refractivity contribution < 1.29 is 17.6 Å². The highest BCUT2D eigenvalue weighted by Gasteiger charge is 2.31. The van der Waals surface area contributed by atoms with E-state index in [-0.39, 0.29) is 16.3 Å². The summed E-state index contributed by atoms with van der Waals surface area (Å²) in [4.78, 5) is 15.3. The van der Waals surface area contributed by atoms with Crippen molar-refractivity contribution in [1.29, 1.82) is 0 Å². The summed E-state index contributed by atoms with van der Waals surface area (Å²) in [5, 5.41) is 2.78. The molecule has 2 aliphatic rings. The minimum Gasteiger partial charge on any atom is -0.370 e. The largest absolute Gasteiger partial charge is 0.370 e. The van der Waals surface area contributed by atoms with Gasteiger partial charge in [-0.15, -0.1) is 0 Å². The number of halogens is 1. The van der Waals surface area contributed by atoms with Gasteiger partial charge in [-0.05, 0) is 81.0 Å². The maximum absolute atomic E-state index is 13.6. The molecule has 0 radical (unpaired) electrons. The molecule has 172 valence electrons. The summed E-state index contributed by atoms with van der Waals surface area (Å²) in [5.74, 6) is -0.790. The Bertz CT molecular complexity index is 1090. The molecule has 2 aliphatic heterocycles. The van der Waals surface area contributed by atoms with Gasteiger partial charge in [0.05, 0.1) is 5.69 Å². The first kappa shape index (κ1) is 22.7. The van der Waals surface area contributed by atoms with Crippen LogP contribution < -0.4 is 10.2 Å². The fraction of sp³-hybridized carbons (Fsp3) is 0.458. The second-order valence-electron chi connectivity index (χ2n) is 8.61. The Balaban J connectivity index is 1.70. The number of carbonyl (C=O) groups excluding carboxylic acids is 1. The van der Waals surface area contributed by atoms with Crippen LogP contribution in [0, 0.1) is 12.7 Å². The van der Waals surface area contributed by atoms with E-state index in [0.29, 0.717) is 30.0 Å². The molecule has 2 heterocycles. The van der Waals surface area contributed by atoms with E-state index in [0.717, 1.165) is 51.6 Å². The molecule has 4 rings (SSSR count). The zero-order chi connectivity index (χ0) is 22.7. The third-order valence-electron chi connectivity index (χ3n) is 6.29. The van der Waals surface area contributed by atoms with Gasteiger partial charge < -0.3 is 10.2 Å². The summed E-state index contributed by atoms with van der Waals surface area (Å²) in [6.07, 6.45) is 5.92. The quantitative estimate of drug-likeness (QED) is 0.712. The molecule has 8 heteroatoms. The first-order chi connectivity index (χ1) is 15.4. The van der Waals surface area contributed by atoms with E-state index < -0.39 is 15.9 Å². The van der Waals surface area contributed by atoms with E-state index in [1.807, 2.05) is 0 Å². The molecule has 32 heavy (non-hydrogen) atoms. The Labute approximate surface area is 189 Å². The number of piperidine rings is 2. The Morgan fingerprint density at radius 3 is 2.22 bits per heavy atom. The van der Waals surface area contributed by atoms with Gasteiger partial charge in [-0.25, -0.2) is 12.8 Å². The van der Waals surface area contributed by atoms with Crippen LogP contribution >= 0.6 is 0 Å². The maximum atomic E-state index is 13.6. The molecule has 0 aliphatic carbocycles. The highest BCUT2D eigenvalue weighted by atomic mass is 32.2. The number of nitrogens with one attached hydrogen (secondary N) is 1. The molecule has 0 bridgehead atoms. The Kier molecular flexibility index (Phi) is 6.81. The van der Waals surface area contributed by atoms with Crippen molar-refractivity contribution in [3.63, 3.8) is 0 Å². The highest BCUT2D eigenvalue weighted by molar-refractivity contribution is 7.89. The van der Waals surface area contributed by atoms with Gasteiger partial charge >= 0.3 is 0 Å². The van der Waals surface area contributed by atoms with Crippen LogP contribution in [0.2, 0.25) is 0 Å². The normalized spacial score (nSPS) is 17.9. The molecule has 6 nitrogen and oxygen atoms in total. The van der Waals surface area contributed by atoms with Gasteiger partial charge in [-0.2, -0.15) is 4.31 Å². The van der Waals surface area contributed by atoms with E-state index in [4.69, 9.17) is 0 Å². The summed E-state index contributed by atoms with van der Waals surface area (Å²) in [6, 6.07) is 9.08. The van der Waals surface area contributed by atoms with Crippen molar-refractivity contribution in [3.8, 4) is 0 Å². The molecule has 0 atom stereocenters. The number of hydrogen-bond donors (Lipinski definition) is 1. The van der Waals surface area contributed by atoms with Gasteiger partial charge in [-0.3, -0.25) is 4.79 Å². The minimum atomic E-state index is -3.72. The number of nitrogens with zero attached hydrogens (tertiary/aromatic N) is 2. The van der Waals surface area contributed by atoms with Crippen molar-refractivity contribution in [3.05, 3.63) is 53.3 Å². The molecular weight excluding hydrogens is 429 g/mol. The lowest BCUT2D eigenvalue weighted by atomic mass is 10.1. The fourth-order valence-electron chi connectivity index (χ4n) is 4.46. The number of carbonyl (C=O) groups is 1. The molecular formula is C24H30FN3O3S. The number of rotatable bonds is 5. The summed E-state index contributed by atoms with van der Waals surface area (Å²) in [5.41, 5.74) is 2.04. The SMILES string of the molecule is Cc1cc(F)ccc1NC(=O)c1ccc(N2CCCCC2)c(S(=O)(=O)N2CCCCC2)c1. The highest BCUT2D eigenvalue weighted by Crippen LogP contribution is 2.32. The standard InChI is InChI=1S/C24H30FN3O3S/c1-18-16-20(25)9-10-21(18)26-24(29)19-8-11-22(27-12-4-2-5-13-27)23(17-19)32(30,31)28-14-6-3-7-15-28/h8-11,16-17H,2-7,12-15H2,1H3,(H,26,29). The molecule has 2 aromatic rings. The van der Waals surface area contributed by atoms with Gasteiger partial charge in [0.25, 0.3) is 5.91 Å². The van der Waals surface area contributed by atoms with Crippen LogP contribution in [0.1, 0.15) is 54.4 Å². The maximum Gasteiger partial charge on any atom is 0.255 e. The second-order valence-corrected chi connectivity index (χ2v) is 10.5.